The quantitative estimate of drug-likeness (QED) is 0.658. The number of oxazole rings is 1. The van der Waals surface area contributed by atoms with Crippen LogP contribution in [0.15, 0.2) is 51.7 Å². The molecule has 6 heteroatoms. The average Bonchev–Trinajstić information content (AvgIpc) is 3.30. The van der Waals surface area contributed by atoms with Gasteiger partial charge in [0.15, 0.2) is 17.1 Å². The molecule has 1 aromatic heterocycles. The average molecular weight is 394 g/mol. The van der Waals surface area contributed by atoms with Gasteiger partial charge in [-0.05, 0) is 61.6 Å². The van der Waals surface area contributed by atoms with Crippen molar-refractivity contribution in [2.75, 3.05) is 26.4 Å². The number of benzene rings is 2. The minimum absolute atomic E-state index is 0.164. The molecule has 2 atom stereocenters. The fraction of sp³-hybridized carbons (Fsp3) is 0.435. The molecule has 2 aromatic carbocycles. The van der Waals surface area contributed by atoms with E-state index in [1.807, 2.05) is 34.9 Å². The Labute approximate surface area is 169 Å². The Morgan fingerprint density at radius 2 is 2.00 bits per heavy atom. The summed E-state index contributed by atoms with van der Waals surface area (Å²) in [7, 11) is 0. The largest absolute Gasteiger partial charge is 0.454 e. The molecule has 152 valence electrons. The third kappa shape index (κ3) is 3.65. The Kier molecular flexibility index (Phi) is 4.79. The van der Waals surface area contributed by atoms with Gasteiger partial charge in [0.1, 0.15) is 0 Å². The molecule has 2 aliphatic rings. The summed E-state index contributed by atoms with van der Waals surface area (Å²) in [5.74, 6) is 1.94. The van der Waals surface area contributed by atoms with Crippen LogP contribution in [0.3, 0.4) is 0 Å². The molecule has 0 N–H and O–H groups in total. The Morgan fingerprint density at radius 3 is 2.93 bits per heavy atom. The maximum absolute atomic E-state index is 12.5. The maximum Gasteiger partial charge on any atom is 0.420 e. The molecular formula is C23H26N2O4. The van der Waals surface area contributed by atoms with Crippen LogP contribution in [0.2, 0.25) is 0 Å². The lowest BCUT2D eigenvalue weighted by atomic mass is 9.98. The number of rotatable bonds is 5. The summed E-state index contributed by atoms with van der Waals surface area (Å²) in [5, 5.41) is 0. The molecule has 0 spiro atoms. The predicted molar refractivity (Wildman–Crippen MR) is 111 cm³/mol. The number of likely N-dealkylation sites (tertiary alicyclic amines) is 1. The summed E-state index contributed by atoms with van der Waals surface area (Å²) >= 11 is 0. The molecule has 0 amide bonds. The van der Waals surface area contributed by atoms with Gasteiger partial charge in [0.25, 0.3) is 0 Å². The summed E-state index contributed by atoms with van der Waals surface area (Å²) in [4.78, 5) is 14.9. The second-order valence-corrected chi connectivity index (χ2v) is 8.26. The van der Waals surface area contributed by atoms with Gasteiger partial charge < -0.3 is 18.8 Å². The first-order chi connectivity index (χ1) is 14.2. The smallest absolute Gasteiger partial charge is 0.420 e. The summed E-state index contributed by atoms with van der Waals surface area (Å²) in [5.41, 5.74) is 2.84. The van der Waals surface area contributed by atoms with Crippen molar-refractivity contribution in [1.82, 2.24) is 9.47 Å². The minimum atomic E-state index is -0.244. The van der Waals surface area contributed by atoms with E-state index in [0.29, 0.717) is 18.3 Å². The number of aromatic nitrogens is 1. The number of para-hydroxylation sites is 2. The molecule has 1 fully saturated rings. The molecular weight excluding hydrogens is 368 g/mol. The lowest BCUT2D eigenvalue weighted by molar-refractivity contribution is 0.155. The summed E-state index contributed by atoms with van der Waals surface area (Å²) < 4.78 is 18.2. The molecule has 0 radical (unpaired) electrons. The van der Waals surface area contributed by atoms with Crippen molar-refractivity contribution in [3.05, 3.63) is 58.6 Å². The van der Waals surface area contributed by atoms with E-state index in [9.17, 15) is 4.79 Å². The molecule has 5 rings (SSSR count). The number of hydrogen-bond donors (Lipinski definition) is 0. The molecule has 1 saturated heterocycles. The van der Waals surface area contributed by atoms with Crippen molar-refractivity contribution in [2.24, 2.45) is 5.92 Å². The van der Waals surface area contributed by atoms with Crippen molar-refractivity contribution in [1.29, 1.82) is 0 Å². The maximum atomic E-state index is 12.5. The van der Waals surface area contributed by atoms with Gasteiger partial charge in [-0.3, -0.25) is 4.57 Å². The second kappa shape index (κ2) is 7.59. The third-order valence-corrected chi connectivity index (χ3v) is 5.96. The topological polar surface area (TPSA) is 56.8 Å². The van der Waals surface area contributed by atoms with Crippen LogP contribution in [0, 0.1) is 5.92 Å². The summed E-state index contributed by atoms with van der Waals surface area (Å²) in [6, 6.07) is 14.1. The van der Waals surface area contributed by atoms with Gasteiger partial charge in [0.05, 0.1) is 11.6 Å². The van der Waals surface area contributed by atoms with Crippen LogP contribution in [-0.4, -0.2) is 35.9 Å². The Hall–Kier alpha value is -2.73. The first-order valence-corrected chi connectivity index (χ1v) is 10.4. The highest BCUT2D eigenvalue weighted by Crippen LogP contribution is 2.33. The third-order valence-electron chi connectivity index (χ3n) is 5.96. The van der Waals surface area contributed by atoms with Crippen molar-refractivity contribution < 1.29 is 13.9 Å². The van der Waals surface area contributed by atoms with Gasteiger partial charge in [0.2, 0.25) is 6.79 Å². The Bertz CT molecular complexity index is 1070. The van der Waals surface area contributed by atoms with Crippen LogP contribution in [0.25, 0.3) is 11.1 Å². The molecule has 3 aromatic rings. The Morgan fingerprint density at radius 1 is 1.14 bits per heavy atom. The number of hydrogen-bond acceptors (Lipinski definition) is 5. The number of fused-ring (bicyclic) bond motifs is 2. The van der Waals surface area contributed by atoms with Crippen LogP contribution in [0.4, 0.5) is 0 Å². The van der Waals surface area contributed by atoms with Crippen LogP contribution in [0.1, 0.15) is 31.4 Å². The number of nitrogens with zero attached hydrogens (tertiary/aromatic N) is 2. The highest BCUT2D eigenvalue weighted by molar-refractivity contribution is 5.72. The van der Waals surface area contributed by atoms with Gasteiger partial charge in [-0.1, -0.05) is 25.1 Å². The zero-order valence-corrected chi connectivity index (χ0v) is 16.7. The molecule has 0 unspecified atom stereocenters. The van der Waals surface area contributed by atoms with Gasteiger partial charge in [-0.15, -0.1) is 0 Å². The van der Waals surface area contributed by atoms with E-state index in [1.165, 1.54) is 5.56 Å². The molecule has 3 heterocycles. The second-order valence-electron chi connectivity index (χ2n) is 8.26. The molecule has 2 aliphatic heterocycles. The number of ether oxygens (including phenoxy) is 2. The van der Waals surface area contributed by atoms with E-state index in [1.54, 1.807) is 0 Å². The predicted octanol–water partition coefficient (Wildman–Crippen LogP) is 3.84. The van der Waals surface area contributed by atoms with Crippen LogP contribution in [-0.2, 0) is 6.42 Å². The van der Waals surface area contributed by atoms with Gasteiger partial charge >= 0.3 is 5.76 Å². The van der Waals surface area contributed by atoms with Gasteiger partial charge in [-0.25, -0.2) is 4.79 Å². The van der Waals surface area contributed by atoms with Crippen molar-refractivity contribution >= 4 is 11.1 Å². The van der Waals surface area contributed by atoms with Crippen molar-refractivity contribution in [2.45, 2.75) is 32.2 Å². The van der Waals surface area contributed by atoms with E-state index >= 15 is 0 Å². The normalized spacial score (nSPS) is 20.2. The first kappa shape index (κ1) is 18.3. The van der Waals surface area contributed by atoms with Crippen LogP contribution >= 0.6 is 0 Å². The molecule has 29 heavy (non-hydrogen) atoms. The standard InChI is InChI=1S/C23H26N2O4/c1-16(11-17-8-9-21-22(12-17)28-15-27-21)13-24-10-4-5-18(14-24)25-19-6-2-3-7-20(19)29-23(25)26/h2-3,6-9,12,16,18H,4-5,10-11,13-15H2,1H3/t16-,18+/m0/s1. The minimum Gasteiger partial charge on any atom is -0.454 e. The van der Waals surface area contributed by atoms with E-state index in [4.69, 9.17) is 13.9 Å². The lowest BCUT2D eigenvalue weighted by Crippen LogP contribution is -2.41. The van der Waals surface area contributed by atoms with Crippen molar-refractivity contribution in [3.8, 4) is 11.5 Å². The van der Waals surface area contributed by atoms with Crippen LogP contribution in [0.5, 0.6) is 11.5 Å². The first-order valence-electron chi connectivity index (χ1n) is 10.4. The van der Waals surface area contributed by atoms with Crippen LogP contribution < -0.4 is 15.2 Å². The monoisotopic (exact) mass is 394 g/mol. The van der Waals surface area contributed by atoms with E-state index in [0.717, 1.165) is 55.9 Å². The van der Waals surface area contributed by atoms with E-state index < -0.39 is 0 Å². The fourth-order valence-electron chi connectivity index (χ4n) is 4.71. The van der Waals surface area contributed by atoms with Crippen molar-refractivity contribution in [3.63, 3.8) is 0 Å². The summed E-state index contributed by atoms with van der Waals surface area (Å²) in [6.07, 6.45) is 3.09. The fourth-order valence-corrected chi connectivity index (χ4v) is 4.71. The van der Waals surface area contributed by atoms with Gasteiger partial charge in [0, 0.05) is 13.1 Å². The summed E-state index contributed by atoms with van der Waals surface area (Å²) in [6.45, 7) is 5.57. The SMILES string of the molecule is C[C@@H](Cc1ccc2c(c1)OCO2)CN1CCC[C@@H](n2c(=O)oc3ccccc32)C1. The lowest BCUT2D eigenvalue weighted by Gasteiger charge is -2.34. The Balaban J connectivity index is 1.26. The zero-order valence-electron chi connectivity index (χ0n) is 16.7. The van der Waals surface area contributed by atoms with E-state index in [-0.39, 0.29) is 11.8 Å². The zero-order chi connectivity index (χ0) is 19.8. The highest BCUT2D eigenvalue weighted by Gasteiger charge is 2.26. The van der Waals surface area contributed by atoms with E-state index in [2.05, 4.69) is 24.0 Å². The highest BCUT2D eigenvalue weighted by atomic mass is 16.7. The molecule has 0 aliphatic carbocycles. The number of piperidine rings is 1. The molecule has 6 nitrogen and oxygen atoms in total. The molecule has 0 saturated carbocycles. The molecule has 0 bridgehead atoms. The van der Waals surface area contributed by atoms with Gasteiger partial charge in [-0.2, -0.15) is 0 Å².